The second-order valence-corrected chi connectivity index (χ2v) is 6.45. The first-order chi connectivity index (χ1) is 17.0. The van der Waals surface area contributed by atoms with Crippen LogP contribution in [-0.2, 0) is 17.9 Å². The number of benzene rings is 2. The highest BCUT2D eigenvalue weighted by Gasteiger charge is 2.21. The Kier molecular flexibility index (Phi) is 11.0. The van der Waals surface area contributed by atoms with Crippen LogP contribution in [0.1, 0.15) is 11.1 Å². The number of methoxy groups -OCH3 is 4. The van der Waals surface area contributed by atoms with Gasteiger partial charge in [0.15, 0.2) is 23.0 Å². The summed E-state index contributed by atoms with van der Waals surface area (Å²) in [4.78, 5) is 41.4. The third kappa shape index (κ3) is 8.08. The van der Waals surface area contributed by atoms with E-state index >= 15 is 0 Å². The number of hydrogen-bond donors (Lipinski definition) is 3. The number of nitro groups is 2. The fourth-order valence-electron chi connectivity index (χ4n) is 2.74. The van der Waals surface area contributed by atoms with Gasteiger partial charge in [0.2, 0.25) is 0 Å². The molecule has 0 aliphatic carbocycles. The lowest BCUT2D eigenvalue weighted by atomic mass is 10.1. The molecule has 196 valence electrons. The molecule has 0 spiro atoms. The highest BCUT2D eigenvalue weighted by atomic mass is 16.6. The molecule has 0 saturated carbocycles. The fourth-order valence-corrected chi connectivity index (χ4v) is 2.74. The largest absolute Gasteiger partial charge is 0.493 e. The molecule has 0 bridgehead atoms. The highest BCUT2D eigenvalue weighted by molar-refractivity contribution is 5.65. The molecule has 2 aromatic rings. The number of hydrogen-bond acceptors (Lipinski definition) is 11. The second kappa shape index (κ2) is 13.6. The molecule has 2 aromatic carbocycles. The molecule has 16 heteroatoms. The molecule has 0 atom stereocenters. The second-order valence-electron chi connectivity index (χ2n) is 6.45. The minimum atomic E-state index is -1.26. The summed E-state index contributed by atoms with van der Waals surface area (Å²) in [7, 11) is 5.50. The maximum absolute atomic E-state index is 10.9. The molecule has 16 nitrogen and oxygen atoms in total. The van der Waals surface area contributed by atoms with Crippen molar-refractivity contribution in [2.75, 3.05) is 28.4 Å². The molecule has 0 aliphatic rings. The predicted molar refractivity (Wildman–Crippen MR) is 122 cm³/mol. The van der Waals surface area contributed by atoms with Crippen LogP contribution in [0.5, 0.6) is 23.0 Å². The minimum absolute atomic E-state index is 0.163. The van der Waals surface area contributed by atoms with E-state index in [2.05, 4.69) is 10.1 Å². The predicted octanol–water partition coefficient (Wildman–Crippen LogP) is 2.59. The van der Waals surface area contributed by atoms with Gasteiger partial charge in [0.1, 0.15) is 6.61 Å². The number of carboxylic acid groups (broad SMARTS) is 1. The van der Waals surface area contributed by atoms with Crippen LogP contribution in [0, 0.1) is 20.2 Å². The van der Waals surface area contributed by atoms with Crippen LogP contribution in [0.15, 0.2) is 24.3 Å². The van der Waals surface area contributed by atoms with Gasteiger partial charge in [-0.1, -0.05) is 0 Å². The van der Waals surface area contributed by atoms with Gasteiger partial charge in [-0.2, -0.15) is 0 Å². The van der Waals surface area contributed by atoms with Crippen LogP contribution in [0.2, 0.25) is 0 Å². The van der Waals surface area contributed by atoms with Gasteiger partial charge < -0.3 is 39.8 Å². The molecule has 0 aliphatic heterocycles. The lowest BCUT2D eigenvalue weighted by Crippen LogP contribution is -2.20. The third-order valence-corrected chi connectivity index (χ3v) is 4.36. The standard InChI is InChI=1S/2C10H12N2O6/c1-16-8-3-6(5-18-10(11)13)7(12(14)15)4-9(8)17-2;1-17-8-3-6(5-11-10(13)14)7(12(15)16)4-9(8)18-2/h3-4H,5H2,1-2H3,(H2,11,13);3-4,11H,5H2,1-2H3,(H,13,14). The summed E-state index contributed by atoms with van der Waals surface area (Å²) >= 11 is 0. The lowest BCUT2D eigenvalue weighted by molar-refractivity contribution is -0.386. The quantitative estimate of drug-likeness (QED) is 0.308. The van der Waals surface area contributed by atoms with E-state index in [1.54, 1.807) is 0 Å². The number of carbonyl (C=O) groups is 2. The first kappa shape index (κ1) is 29.0. The van der Waals surface area contributed by atoms with Crippen LogP contribution in [-0.4, -0.2) is 55.6 Å². The summed E-state index contributed by atoms with van der Waals surface area (Å²) in [5.74, 6) is 1.02. The van der Waals surface area contributed by atoms with Gasteiger partial charge in [-0.25, -0.2) is 9.59 Å². The van der Waals surface area contributed by atoms with Gasteiger partial charge >= 0.3 is 12.2 Å². The summed E-state index contributed by atoms with van der Waals surface area (Å²) < 4.78 is 24.4. The Balaban J connectivity index is 0.000000360. The van der Waals surface area contributed by atoms with E-state index < -0.39 is 22.0 Å². The monoisotopic (exact) mass is 512 g/mol. The van der Waals surface area contributed by atoms with Crippen LogP contribution in [0.4, 0.5) is 21.0 Å². The zero-order valence-electron chi connectivity index (χ0n) is 19.6. The van der Waals surface area contributed by atoms with Crippen LogP contribution in [0.25, 0.3) is 0 Å². The molecule has 2 amide bonds. The number of carbonyl (C=O) groups excluding carboxylic acids is 1. The van der Waals surface area contributed by atoms with Crippen molar-refractivity contribution in [1.82, 2.24) is 5.32 Å². The first-order valence-corrected chi connectivity index (χ1v) is 9.66. The zero-order chi connectivity index (χ0) is 27.4. The van der Waals surface area contributed by atoms with Crippen molar-refractivity contribution in [1.29, 1.82) is 0 Å². The number of primary amides is 1. The third-order valence-electron chi connectivity index (χ3n) is 4.36. The van der Waals surface area contributed by atoms with Crippen molar-refractivity contribution in [2.45, 2.75) is 13.2 Å². The molecule has 0 unspecified atom stereocenters. The van der Waals surface area contributed by atoms with Crippen molar-refractivity contribution in [3.63, 3.8) is 0 Å². The average molecular weight is 512 g/mol. The van der Waals surface area contributed by atoms with Gasteiger partial charge in [0.25, 0.3) is 11.4 Å². The number of nitrogens with zero attached hydrogens (tertiary/aromatic N) is 2. The van der Waals surface area contributed by atoms with Crippen LogP contribution < -0.4 is 30.0 Å². The first-order valence-electron chi connectivity index (χ1n) is 9.66. The van der Waals surface area contributed by atoms with E-state index in [1.165, 1.54) is 52.7 Å². The molecule has 0 heterocycles. The topological polar surface area (TPSA) is 225 Å². The summed E-state index contributed by atoms with van der Waals surface area (Å²) in [6, 6.07) is 5.11. The number of nitrogens with one attached hydrogen (secondary N) is 1. The molecular weight excluding hydrogens is 488 g/mol. The smallest absolute Gasteiger partial charge is 0.404 e. The van der Waals surface area contributed by atoms with E-state index in [4.69, 9.17) is 29.8 Å². The van der Waals surface area contributed by atoms with E-state index in [-0.39, 0.29) is 47.2 Å². The SMILES string of the molecule is COc1cc(CNC(=O)O)c([N+](=O)[O-])cc1OC.COc1cc(COC(N)=O)c([N+](=O)[O-])cc1OC. The van der Waals surface area contributed by atoms with Crippen molar-refractivity contribution in [2.24, 2.45) is 5.73 Å². The molecule has 2 rings (SSSR count). The Bertz CT molecular complexity index is 1030. The van der Waals surface area contributed by atoms with Gasteiger partial charge in [-0.05, 0) is 12.1 Å². The summed E-state index contributed by atoms with van der Waals surface area (Å²) in [5.41, 5.74) is 4.69. The zero-order valence-corrected chi connectivity index (χ0v) is 19.6. The molecule has 0 saturated heterocycles. The number of ether oxygens (including phenoxy) is 5. The number of nitrogens with two attached hydrogens (primary N) is 1. The van der Waals surface area contributed by atoms with Crippen molar-refractivity contribution in [3.05, 3.63) is 55.6 Å². The van der Waals surface area contributed by atoms with E-state index in [0.29, 0.717) is 11.5 Å². The highest BCUT2D eigenvalue weighted by Crippen LogP contribution is 2.35. The summed E-state index contributed by atoms with van der Waals surface area (Å²) in [5, 5.41) is 32.3. The Labute approximate surface area is 203 Å². The number of nitro benzene ring substituents is 2. The molecule has 36 heavy (non-hydrogen) atoms. The van der Waals surface area contributed by atoms with Crippen molar-refractivity contribution < 1.29 is 48.2 Å². The summed E-state index contributed by atoms with van der Waals surface area (Å²) in [6.45, 7) is -0.502. The normalized spacial score (nSPS) is 9.67. The minimum Gasteiger partial charge on any atom is -0.493 e. The van der Waals surface area contributed by atoms with E-state index in [9.17, 15) is 29.8 Å². The van der Waals surface area contributed by atoms with E-state index in [1.807, 2.05) is 0 Å². The Morgan fingerprint density at radius 2 is 1.22 bits per heavy atom. The fraction of sp³-hybridized carbons (Fsp3) is 0.300. The molecule has 4 N–H and O–H groups in total. The average Bonchev–Trinajstić information content (AvgIpc) is 2.84. The Morgan fingerprint density at radius 1 is 0.833 bits per heavy atom. The van der Waals surface area contributed by atoms with Gasteiger partial charge in [-0.3, -0.25) is 20.2 Å². The van der Waals surface area contributed by atoms with Gasteiger partial charge in [0, 0.05) is 0 Å². The number of rotatable bonds is 10. The molecular formula is C20H24N4O12. The lowest BCUT2D eigenvalue weighted by Gasteiger charge is -2.10. The molecule has 0 radical (unpaired) electrons. The van der Waals surface area contributed by atoms with Crippen molar-refractivity contribution in [3.8, 4) is 23.0 Å². The van der Waals surface area contributed by atoms with Gasteiger partial charge in [0.05, 0.1) is 68.1 Å². The van der Waals surface area contributed by atoms with E-state index in [0.717, 1.165) is 0 Å². The maximum Gasteiger partial charge on any atom is 0.404 e. The number of amides is 2. The maximum atomic E-state index is 10.9. The Morgan fingerprint density at radius 3 is 1.58 bits per heavy atom. The van der Waals surface area contributed by atoms with Crippen molar-refractivity contribution >= 4 is 23.6 Å². The Hall–Kier alpha value is -5.02. The van der Waals surface area contributed by atoms with Crippen LogP contribution >= 0.6 is 0 Å². The van der Waals surface area contributed by atoms with Crippen LogP contribution in [0.3, 0.4) is 0 Å². The molecule has 0 aromatic heterocycles. The summed E-state index contributed by atoms with van der Waals surface area (Å²) in [6.07, 6.45) is -2.28. The molecule has 0 fully saturated rings. The van der Waals surface area contributed by atoms with Gasteiger partial charge in [-0.15, -0.1) is 0 Å².